The number of fused-ring (bicyclic) bond motifs is 1. The summed E-state index contributed by atoms with van der Waals surface area (Å²) in [4.78, 5) is 30.4. The Balaban J connectivity index is 1.48. The molecule has 2 aromatic rings. The van der Waals surface area contributed by atoms with E-state index in [1.54, 1.807) is 4.90 Å². The van der Waals surface area contributed by atoms with E-state index in [0.717, 1.165) is 30.0 Å². The first-order valence-corrected chi connectivity index (χ1v) is 9.44. The highest BCUT2D eigenvalue weighted by atomic mass is 32.1. The Morgan fingerprint density at radius 1 is 1.40 bits per heavy atom. The molecule has 2 aliphatic rings. The third kappa shape index (κ3) is 2.97. The fraction of sp³-hybridized carbons (Fsp3) is 0.500. The Morgan fingerprint density at radius 2 is 2.24 bits per heavy atom. The van der Waals surface area contributed by atoms with Gasteiger partial charge in [0.1, 0.15) is 11.8 Å². The van der Waals surface area contributed by atoms with Gasteiger partial charge in [0.2, 0.25) is 5.91 Å². The van der Waals surface area contributed by atoms with Crippen LogP contribution in [0.15, 0.2) is 21.9 Å². The summed E-state index contributed by atoms with van der Waals surface area (Å²) in [5.41, 5.74) is 0.667. The fourth-order valence-corrected chi connectivity index (χ4v) is 4.97. The van der Waals surface area contributed by atoms with E-state index in [0.29, 0.717) is 23.9 Å². The summed E-state index contributed by atoms with van der Waals surface area (Å²) in [6.45, 7) is 2.44. The van der Waals surface area contributed by atoms with Gasteiger partial charge in [-0.15, -0.1) is 11.3 Å². The van der Waals surface area contributed by atoms with E-state index in [1.807, 2.05) is 24.4 Å². The first kappa shape index (κ1) is 16.3. The van der Waals surface area contributed by atoms with Crippen molar-refractivity contribution in [1.82, 2.24) is 9.88 Å². The van der Waals surface area contributed by atoms with E-state index >= 15 is 0 Å². The molecule has 1 saturated heterocycles. The van der Waals surface area contributed by atoms with Crippen LogP contribution in [0.5, 0.6) is 0 Å². The molecule has 0 radical (unpaired) electrons. The zero-order valence-corrected chi connectivity index (χ0v) is 14.8. The molecule has 7 heteroatoms. The van der Waals surface area contributed by atoms with Crippen molar-refractivity contribution in [3.05, 3.63) is 29.0 Å². The topological polar surface area (TPSA) is 83.6 Å². The molecule has 1 N–H and O–H groups in total. The fourth-order valence-electron chi connectivity index (χ4n) is 4.19. The average Bonchev–Trinajstić information content (AvgIpc) is 3.28. The number of carboxylic acids is 1. The largest absolute Gasteiger partial charge is 0.480 e. The number of carbonyl (C=O) groups is 2. The summed E-state index contributed by atoms with van der Waals surface area (Å²) in [5, 5.41) is 12.2. The first-order valence-electron chi connectivity index (χ1n) is 8.56. The molecule has 2 fully saturated rings. The summed E-state index contributed by atoms with van der Waals surface area (Å²) >= 11 is 1.43. The molecule has 6 nitrogen and oxygen atoms in total. The molecule has 1 aliphatic heterocycles. The minimum absolute atomic E-state index is 0.110. The maximum absolute atomic E-state index is 12.7. The molecule has 3 atom stereocenters. The van der Waals surface area contributed by atoms with Crippen molar-refractivity contribution in [2.75, 3.05) is 6.54 Å². The van der Waals surface area contributed by atoms with Gasteiger partial charge in [-0.1, -0.05) is 6.42 Å². The number of aryl methyl sites for hydroxylation is 1. The van der Waals surface area contributed by atoms with Crippen LogP contribution in [0.4, 0.5) is 0 Å². The molecule has 4 rings (SSSR count). The quantitative estimate of drug-likeness (QED) is 0.906. The molecule has 2 aromatic heterocycles. The average molecular weight is 360 g/mol. The molecule has 3 unspecified atom stereocenters. The molecule has 1 aliphatic carbocycles. The van der Waals surface area contributed by atoms with Crippen molar-refractivity contribution >= 4 is 23.2 Å². The zero-order chi connectivity index (χ0) is 17.6. The van der Waals surface area contributed by atoms with Crippen LogP contribution in [-0.2, 0) is 16.0 Å². The van der Waals surface area contributed by atoms with E-state index in [2.05, 4.69) is 4.98 Å². The van der Waals surface area contributed by atoms with E-state index in [9.17, 15) is 14.7 Å². The molecule has 132 valence electrons. The number of hydrogen-bond acceptors (Lipinski definition) is 5. The predicted octanol–water partition coefficient (Wildman–Crippen LogP) is 2.97. The zero-order valence-electron chi connectivity index (χ0n) is 14.0. The number of aromatic nitrogens is 1. The lowest BCUT2D eigenvalue weighted by atomic mass is 9.94. The molecule has 25 heavy (non-hydrogen) atoms. The maximum Gasteiger partial charge on any atom is 0.326 e. The van der Waals surface area contributed by atoms with Gasteiger partial charge in [0, 0.05) is 11.9 Å². The van der Waals surface area contributed by atoms with Crippen molar-refractivity contribution in [1.29, 1.82) is 0 Å². The Bertz CT molecular complexity index is 812. The number of carboxylic acid groups (broad SMARTS) is 1. The summed E-state index contributed by atoms with van der Waals surface area (Å²) in [6, 6.07) is 3.06. The Labute approximate surface area is 149 Å². The number of likely N-dealkylation sites (tertiary alicyclic amines) is 1. The molecular weight excluding hydrogens is 340 g/mol. The molecule has 3 heterocycles. The second-order valence-corrected chi connectivity index (χ2v) is 7.77. The van der Waals surface area contributed by atoms with Gasteiger partial charge in [0.15, 0.2) is 10.8 Å². The lowest BCUT2D eigenvalue weighted by Crippen LogP contribution is -2.44. The highest BCUT2D eigenvalue weighted by Gasteiger charge is 2.49. The van der Waals surface area contributed by atoms with Crippen molar-refractivity contribution in [2.24, 2.45) is 11.8 Å². The number of carbonyl (C=O) groups excluding carboxylic acids is 1. The Morgan fingerprint density at radius 3 is 2.96 bits per heavy atom. The molecular formula is C18H20N2O4S. The van der Waals surface area contributed by atoms with Crippen LogP contribution in [0.2, 0.25) is 0 Å². The van der Waals surface area contributed by atoms with Gasteiger partial charge in [0.25, 0.3) is 0 Å². The third-order valence-corrected chi connectivity index (χ3v) is 6.20. The van der Waals surface area contributed by atoms with Crippen LogP contribution in [0.3, 0.4) is 0 Å². The highest BCUT2D eigenvalue weighted by Crippen LogP contribution is 2.42. The van der Waals surface area contributed by atoms with Crippen LogP contribution >= 0.6 is 11.3 Å². The van der Waals surface area contributed by atoms with Gasteiger partial charge in [-0.25, -0.2) is 9.78 Å². The van der Waals surface area contributed by atoms with Crippen LogP contribution < -0.4 is 0 Å². The number of amides is 1. The number of furan rings is 1. The third-order valence-electron chi connectivity index (χ3n) is 5.30. The molecule has 0 aromatic carbocycles. The standard InChI is InChI=1S/C18H20N2O4S/c1-10-5-6-14(24-10)17-19-12(9-25-17)7-15(21)20-8-11-3-2-4-13(11)16(20)18(22)23/h5-6,9,11,13,16H,2-4,7-8H2,1H3,(H,22,23). The SMILES string of the molecule is Cc1ccc(-c2nc(CC(=O)N3CC4CCCC4C3C(=O)O)cs2)o1. The first-order chi connectivity index (χ1) is 12.0. The van der Waals surface area contributed by atoms with Crippen molar-refractivity contribution < 1.29 is 19.1 Å². The Kier molecular flexibility index (Phi) is 4.11. The van der Waals surface area contributed by atoms with E-state index in [-0.39, 0.29) is 18.2 Å². The van der Waals surface area contributed by atoms with Gasteiger partial charge in [-0.2, -0.15) is 0 Å². The maximum atomic E-state index is 12.7. The second-order valence-electron chi connectivity index (χ2n) is 6.92. The van der Waals surface area contributed by atoms with Gasteiger partial charge < -0.3 is 14.4 Å². The van der Waals surface area contributed by atoms with Crippen molar-refractivity contribution in [3.63, 3.8) is 0 Å². The molecule has 0 bridgehead atoms. The smallest absolute Gasteiger partial charge is 0.326 e. The monoisotopic (exact) mass is 360 g/mol. The normalized spacial score (nSPS) is 25.3. The van der Waals surface area contributed by atoms with Crippen LogP contribution in [0, 0.1) is 18.8 Å². The molecule has 0 spiro atoms. The van der Waals surface area contributed by atoms with E-state index in [4.69, 9.17) is 4.42 Å². The van der Waals surface area contributed by atoms with Crippen LogP contribution in [0.1, 0.15) is 30.7 Å². The number of thiazole rings is 1. The Hall–Kier alpha value is -2.15. The highest BCUT2D eigenvalue weighted by molar-refractivity contribution is 7.13. The lowest BCUT2D eigenvalue weighted by molar-refractivity contribution is -0.149. The van der Waals surface area contributed by atoms with Gasteiger partial charge in [-0.3, -0.25) is 4.79 Å². The number of aliphatic carboxylic acids is 1. The van der Waals surface area contributed by atoms with Gasteiger partial charge in [0.05, 0.1) is 12.1 Å². The minimum Gasteiger partial charge on any atom is -0.480 e. The lowest BCUT2D eigenvalue weighted by Gasteiger charge is -2.24. The summed E-state index contributed by atoms with van der Waals surface area (Å²) in [7, 11) is 0. The second kappa shape index (κ2) is 6.29. The van der Waals surface area contributed by atoms with Crippen molar-refractivity contribution in [2.45, 2.75) is 38.6 Å². The van der Waals surface area contributed by atoms with Gasteiger partial charge in [-0.05, 0) is 43.7 Å². The summed E-state index contributed by atoms with van der Waals surface area (Å²) in [5.74, 6) is 0.929. The number of rotatable bonds is 4. The van der Waals surface area contributed by atoms with E-state index in [1.165, 1.54) is 11.3 Å². The summed E-state index contributed by atoms with van der Waals surface area (Å²) in [6.07, 6.45) is 3.14. The molecule has 1 saturated carbocycles. The predicted molar refractivity (Wildman–Crippen MR) is 92.2 cm³/mol. The number of nitrogens with zero attached hydrogens (tertiary/aromatic N) is 2. The van der Waals surface area contributed by atoms with E-state index < -0.39 is 12.0 Å². The van der Waals surface area contributed by atoms with Crippen LogP contribution in [-0.4, -0.2) is 39.5 Å². The van der Waals surface area contributed by atoms with Gasteiger partial charge >= 0.3 is 5.97 Å². The number of hydrogen-bond donors (Lipinski definition) is 1. The minimum atomic E-state index is -0.882. The summed E-state index contributed by atoms with van der Waals surface area (Å²) < 4.78 is 5.56. The molecule has 1 amide bonds. The van der Waals surface area contributed by atoms with Crippen molar-refractivity contribution in [3.8, 4) is 10.8 Å². The van der Waals surface area contributed by atoms with Crippen LogP contribution in [0.25, 0.3) is 10.8 Å².